The summed E-state index contributed by atoms with van der Waals surface area (Å²) in [7, 11) is 0. The van der Waals surface area contributed by atoms with Gasteiger partial charge in [0.05, 0.1) is 0 Å². The minimum absolute atomic E-state index is 0.0616. The van der Waals surface area contributed by atoms with E-state index >= 15 is 0 Å². The number of nitrogens with zero attached hydrogens (tertiary/aromatic N) is 4. The zero-order valence-corrected chi connectivity index (χ0v) is 19.9. The van der Waals surface area contributed by atoms with E-state index < -0.39 is 5.60 Å². The highest BCUT2D eigenvalue weighted by atomic mass is 32.1. The lowest BCUT2D eigenvalue weighted by Crippen LogP contribution is -2.42. The Bertz CT molecular complexity index is 1270. The van der Waals surface area contributed by atoms with E-state index in [-0.39, 0.29) is 11.3 Å². The van der Waals surface area contributed by atoms with Crippen LogP contribution >= 0.6 is 11.3 Å². The maximum absolute atomic E-state index is 13.0. The van der Waals surface area contributed by atoms with Crippen LogP contribution in [-0.2, 0) is 10.2 Å². The normalized spacial score (nSPS) is 12.2. The molecule has 166 valence electrons. The van der Waals surface area contributed by atoms with Gasteiger partial charge < -0.3 is 10.1 Å². The van der Waals surface area contributed by atoms with E-state index in [1.807, 2.05) is 55.5 Å². The molecule has 8 heteroatoms. The summed E-state index contributed by atoms with van der Waals surface area (Å²) in [6.07, 6.45) is 0. The van der Waals surface area contributed by atoms with Crippen LogP contribution in [0.15, 0.2) is 48.5 Å². The smallest absolute Gasteiger partial charge is 0.267 e. The van der Waals surface area contributed by atoms with E-state index in [1.165, 1.54) is 16.9 Å². The second kappa shape index (κ2) is 8.02. The van der Waals surface area contributed by atoms with Gasteiger partial charge in [-0.3, -0.25) is 4.79 Å². The molecule has 0 bridgehead atoms. The van der Waals surface area contributed by atoms with Crippen molar-refractivity contribution in [1.82, 2.24) is 19.8 Å². The molecular formula is C24H27N5O2S. The molecule has 0 saturated heterocycles. The van der Waals surface area contributed by atoms with Crippen LogP contribution in [-0.4, -0.2) is 31.3 Å². The van der Waals surface area contributed by atoms with Gasteiger partial charge in [-0.1, -0.05) is 56.4 Å². The molecule has 0 aliphatic rings. The molecule has 0 aliphatic heterocycles. The number of nitrogens with one attached hydrogen (secondary N) is 1. The first-order valence-corrected chi connectivity index (χ1v) is 11.2. The number of aromatic nitrogens is 4. The number of hydrogen-bond acceptors (Lipinski definition) is 6. The first kappa shape index (κ1) is 22.0. The minimum atomic E-state index is -1.05. The highest BCUT2D eigenvalue weighted by Crippen LogP contribution is 2.29. The number of hydrogen-bond donors (Lipinski definition) is 1. The third-order valence-corrected chi connectivity index (χ3v) is 6.10. The maximum Gasteiger partial charge on any atom is 0.267 e. The second-order valence-corrected chi connectivity index (χ2v) is 10.2. The van der Waals surface area contributed by atoms with Gasteiger partial charge in [0, 0.05) is 11.3 Å². The molecule has 1 amide bonds. The Hall–Kier alpha value is -3.26. The predicted molar refractivity (Wildman–Crippen MR) is 127 cm³/mol. The number of carbonyl (C=O) groups excluding carboxylic acids is 1. The van der Waals surface area contributed by atoms with Crippen LogP contribution < -0.4 is 10.1 Å². The maximum atomic E-state index is 13.0. The summed E-state index contributed by atoms with van der Waals surface area (Å²) >= 11 is 1.45. The molecule has 2 aromatic heterocycles. The summed E-state index contributed by atoms with van der Waals surface area (Å²) in [4.78, 5) is 13.7. The molecule has 4 aromatic rings. The molecular weight excluding hydrogens is 422 g/mol. The van der Waals surface area contributed by atoms with Gasteiger partial charge in [0.15, 0.2) is 11.4 Å². The van der Waals surface area contributed by atoms with Crippen LogP contribution in [0.4, 0.5) is 5.69 Å². The number of aryl methyl sites for hydroxylation is 1. The standard InChI is InChI=1S/C24H27N5O2S/c1-15-26-27-22-29(15)28-20(32-22)16-8-7-9-18(14-16)25-21(30)24(5,6)31-19-12-10-17(11-13-19)23(2,3)4/h7-14H,1-6H3,(H,25,30). The molecule has 7 nitrogen and oxygen atoms in total. The average molecular weight is 450 g/mol. The average Bonchev–Trinajstić information content (AvgIpc) is 3.30. The van der Waals surface area contributed by atoms with E-state index in [0.717, 1.165) is 21.4 Å². The van der Waals surface area contributed by atoms with E-state index in [9.17, 15) is 4.79 Å². The number of ether oxygens (including phenoxy) is 1. The number of carbonyl (C=O) groups is 1. The molecule has 0 atom stereocenters. The van der Waals surface area contributed by atoms with Crippen molar-refractivity contribution in [2.75, 3.05) is 5.32 Å². The van der Waals surface area contributed by atoms with Crippen molar-refractivity contribution in [3.05, 3.63) is 59.9 Å². The number of amides is 1. The molecule has 0 fully saturated rings. The Morgan fingerprint density at radius 3 is 2.41 bits per heavy atom. The largest absolute Gasteiger partial charge is 0.478 e. The van der Waals surface area contributed by atoms with Crippen molar-refractivity contribution >= 4 is 27.9 Å². The monoisotopic (exact) mass is 449 g/mol. The lowest BCUT2D eigenvalue weighted by atomic mass is 9.87. The molecule has 0 aliphatic carbocycles. The van der Waals surface area contributed by atoms with Crippen molar-refractivity contribution in [3.63, 3.8) is 0 Å². The molecule has 1 N–H and O–H groups in total. The summed E-state index contributed by atoms with van der Waals surface area (Å²) < 4.78 is 7.74. The number of anilines is 1. The fourth-order valence-corrected chi connectivity index (χ4v) is 4.09. The van der Waals surface area contributed by atoms with Gasteiger partial charge in [0.25, 0.3) is 5.91 Å². The summed E-state index contributed by atoms with van der Waals surface area (Å²) in [5, 5.41) is 16.5. The molecule has 0 saturated carbocycles. The van der Waals surface area contributed by atoms with Crippen molar-refractivity contribution in [2.24, 2.45) is 0 Å². The Balaban J connectivity index is 1.48. The fourth-order valence-electron chi connectivity index (χ4n) is 3.21. The molecule has 32 heavy (non-hydrogen) atoms. The van der Waals surface area contributed by atoms with Gasteiger partial charge >= 0.3 is 0 Å². The fraction of sp³-hybridized carbons (Fsp3) is 0.333. The Morgan fingerprint density at radius 1 is 1.03 bits per heavy atom. The molecule has 0 radical (unpaired) electrons. The van der Waals surface area contributed by atoms with Gasteiger partial charge in [0.1, 0.15) is 10.8 Å². The van der Waals surface area contributed by atoms with E-state index in [0.29, 0.717) is 11.4 Å². The molecule has 0 unspecified atom stereocenters. The van der Waals surface area contributed by atoms with E-state index in [2.05, 4.69) is 41.4 Å². The Morgan fingerprint density at radius 2 is 1.75 bits per heavy atom. The summed E-state index contributed by atoms with van der Waals surface area (Å²) in [5.74, 6) is 1.16. The van der Waals surface area contributed by atoms with E-state index in [4.69, 9.17) is 4.74 Å². The zero-order valence-electron chi connectivity index (χ0n) is 19.1. The minimum Gasteiger partial charge on any atom is -0.478 e. The Labute approximate surface area is 191 Å². The van der Waals surface area contributed by atoms with E-state index in [1.54, 1.807) is 18.4 Å². The summed E-state index contributed by atoms with van der Waals surface area (Å²) in [5.41, 5.74) is 1.80. The lowest BCUT2D eigenvalue weighted by molar-refractivity contribution is -0.128. The van der Waals surface area contributed by atoms with Gasteiger partial charge in [-0.15, -0.1) is 10.2 Å². The quantitative estimate of drug-likeness (QED) is 0.450. The Kier molecular flexibility index (Phi) is 5.50. The third-order valence-electron chi connectivity index (χ3n) is 5.15. The number of fused-ring (bicyclic) bond motifs is 1. The second-order valence-electron chi connectivity index (χ2n) is 9.27. The van der Waals surface area contributed by atoms with Crippen molar-refractivity contribution < 1.29 is 9.53 Å². The number of benzene rings is 2. The summed E-state index contributed by atoms with van der Waals surface area (Å²) in [6.45, 7) is 11.9. The highest BCUT2D eigenvalue weighted by molar-refractivity contribution is 7.19. The van der Waals surface area contributed by atoms with Crippen molar-refractivity contribution in [2.45, 2.75) is 52.6 Å². The van der Waals surface area contributed by atoms with Gasteiger partial charge in [0.2, 0.25) is 4.96 Å². The zero-order chi connectivity index (χ0) is 23.1. The SMILES string of the molecule is Cc1nnc2sc(-c3cccc(NC(=O)C(C)(C)Oc4ccc(C(C)(C)C)cc4)c3)nn12. The van der Waals surface area contributed by atoms with Crippen LogP contribution in [0.5, 0.6) is 5.75 Å². The number of rotatable bonds is 5. The highest BCUT2D eigenvalue weighted by Gasteiger charge is 2.30. The molecule has 0 spiro atoms. The predicted octanol–water partition coefficient (Wildman–Crippen LogP) is 5.25. The van der Waals surface area contributed by atoms with Crippen LogP contribution in [0.1, 0.15) is 46.0 Å². The van der Waals surface area contributed by atoms with Crippen molar-refractivity contribution in [3.8, 4) is 16.3 Å². The molecule has 2 heterocycles. The van der Waals surface area contributed by atoms with Gasteiger partial charge in [-0.05, 0) is 56.0 Å². The van der Waals surface area contributed by atoms with Gasteiger partial charge in [-0.2, -0.15) is 9.61 Å². The van der Waals surface area contributed by atoms with Crippen molar-refractivity contribution in [1.29, 1.82) is 0 Å². The first-order valence-electron chi connectivity index (χ1n) is 10.4. The molecule has 4 rings (SSSR count). The topological polar surface area (TPSA) is 81.4 Å². The van der Waals surface area contributed by atoms with Crippen LogP contribution in [0.25, 0.3) is 15.5 Å². The van der Waals surface area contributed by atoms with Gasteiger partial charge in [-0.25, -0.2) is 0 Å². The third kappa shape index (κ3) is 4.50. The van der Waals surface area contributed by atoms with Crippen LogP contribution in [0, 0.1) is 6.92 Å². The summed E-state index contributed by atoms with van der Waals surface area (Å²) in [6, 6.07) is 15.5. The first-order chi connectivity index (χ1) is 15.0. The lowest BCUT2D eigenvalue weighted by Gasteiger charge is -2.26. The van der Waals surface area contributed by atoms with Crippen LogP contribution in [0.3, 0.4) is 0 Å². The van der Waals surface area contributed by atoms with Crippen LogP contribution in [0.2, 0.25) is 0 Å². The molecule has 2 aromatic carbocycles.